The van der Waals surface area contributed by atoms with Gasteiger partial charge in [-0.05, 0) is 57.7 Å². The largest absolute Gasteiger partial charge is 0.271 e. The summed E-state index contributed by atoms with van der Waals surface area (Å²) in [5, 5.41) is 0. The minimum atomic E-state index is -0.346. The Balaban J connectivity index is 2.26. The molecular weight excluding hydrogens is 394 g/mol. The number of nitrogens with one attached hydrogen (secondary N) is 1. The Morgan fingerprint density at radius 2 is 1.80 bits per heavy atom. The van der Waals surface area contributed by atoms with Gasteiger partial charge >= 0.3 is 0 Å². The molecule has 1 atom stereocenters. The highest BCUT2D eigenvalue weighted by Crippen LogP contribution is 2.26. The summed E-state index contributed by atoms with van der Waals surface area (Å²) in [5.74, 6) is 4.89. The van der Waals surface area contributed by atoms with Crippen LogP contribution in [0.1, 0.15) is 17.2 Å². The van der Waals surface area contributed by atoms with Crippen LogP contribution in [-0.4, -0.2) is 0 Å². The highest BCUT2D eigenvalue weighted by atomic mass is 79.9. The molecule has 0 saturated carbocycles. The molecule has 106 valence electrons. The zero-order valence-corrected chi connectivity index (χ0v) is 13.5. The van der Waals surface area contributed by atoms with Gasteiger partial charge in [-0.25, -0.2) is 8.78 Å². The van der Waals surface area contributed by atoms with Crippen LogP contribution < -0.4 is 11.3 Å². The zero-order chi connectivity index (χ0) is 14.7. The van der Waals surface area contributed by atoms with Crippen molar-refractivity contribution in [1.29, 1.82) is 0 Å². The van der Waals surface area contributed by atoms with E-state index in [1.54, 1.807) is 18.2 Å². The van der Waals surface area contributed by atoms with Crippen LogP contribution in [0.3, 0.4) is 0 Å². The second kappa shape index (κ2) is 6.76. The van der Waals surface area contributed by atoms with Gasteiger partial charge in [0, 0.05) is 4.47 Å². The Hall–Kier alpha value is -0.820. The molecule has 2 aromatic carbocycles. The van der Waals surface area contributed by atoms with E-state index in [2.05, 4.69) is 37.3 Å². The topological polar surface area (TPSA) is 38.0 Å². The quantitative estimate of drug-likeness (QED) is 0.589. The molecule has 3 N–H and O–H groups in total. The van der Waals surface area contributed by atoms with E-state index < -0.39 is 0 Å². The van der Waals surface area contributed by atoms with Crippen molar-refractivity contribution in [2.75, 3.05) is 0 Å². The van der Waals surface area contributed by atoms with Gasteiger partial charge in [0.05, 0.1) is 10.5 Å². The molecule has 6 heteroatoms. The fourth-order valence-electron chi connectivity index (χ4n) is 1.91. The van der Waals surface area contributed by atoms with Gasteiger partial charge in [0.2, 0.25) is 0 Å². The van der Waals surface area contributed by atoms with Crippen LogP contribution in [0.4, 0.5) is 8.78 Å². The third kappa shape index (κ3) is 3.63. The summed E-state index contributed by atoms with van der Waals surface area (Å²) in [4.78, 5) is 0. The third-order valence-corrected chi connectivity index (χ3v) is 4.37. The summed E-state index contributed by atoms with van der Waals surface area (Å²) in [7, 11) is 0. The van der Waals surface area contributed by atoms with Gasteiger partial charge in [0.25, 0.3) is 0 Å². The van der Waals surface area contributed by atoms with Crippen molar-refractivity contribution in [3.05, 3.63) is 68.1 Å². The number of hydrogen-bond acceptors (Lipinski definition) is 2. The number of benzene rings is 2. The first kappa shape index (κ1) is 15.6. The zero-order valence-electron chi connectivity index (χ0n) is 10.3. The molecule has 0 aliphatic carbocycles. The van der Waals surface area contributed by atoms with Gasteiger partial charge in [-0.1, -0.05) is 28.1 Å². The summed E-state index contributed by atoms with van der Waals surface area (Å²) < 4.78 is 27.7. The first-order chi connectivity index (χ1) is 9.51. The molecule has 0 fully saturated rings. The molecule has 0 radical (unpaired) electrons. The number of hydrogen-bond donors (Lipinski definition) is 2. The Bertz CT molecular complexity index is 620. The second-order valence-electron chi connectivity index (χ2n) is 4.33. The SMILES string of the molecule is NNC(Cc1ccc(F)cc1Br)c1ccc(Br)c(F)c1. The summed E-state index contributed by atoms with van der Waals surface area (Å²) in [6.07, 6.45) is 0.512. The lowest BCUT2D eigenvalue weighted by atomic mass is 9.99. The number of hydrazine groups is 1. The minimum Gasteiger partial charge on any atom is -0.271 e. The molecule has 1 unspecified atom stereocenters. The second-order valence-corrected chi connectivity index (χ2v) is 6.04. The molecular formula is C14H12Br2F2N2. The minimum absolute atomic E-state index is 0.264. The van der Waals surface area contributed by atoms with Crippen molar-refractivity contribution in [3.8, 4) is 0 Å². The van der Waals surface area contributed by atoms with E-state index in [1.165, 1.54) is 18.2 Å². The predicted molar refractivity (Wildman–Crippen MR) is 82.0 cm³/mol. The fraction of sp³-hybridized carbons (Fsp3) is 0.143. The number of halogens is 4. The summed E-state index contributed by atoms with van der Waals surface area (Å²) in [5.41, 5.74) is 4.27. The average Bonchev–Trinajstić information content (AvgIpc) is 2.41. The molecule has 20 heavy (non-hydrogen) atoms. The standard InChI is InChI=1S/C14H12Br2F2N2/c15-11-4-2-9(5-13(11)18)14(20-19)6-8-1-3-10(17)7-12(8)16/h1-5,7,14,20H,6,19H2. The van der Waals surface area contributed by atoms with Crippen LogP contribution in [-0.2, 0) is 6.42 Å². The monoisotopic (exact) mass is 404 g/mol. The number of rotatable bonds is 4. The maximum absolute atomic E-state index is 13.6. The molecule has 0 bridgehead atoms. The molecule has 2 aromatic rings. The molecule has 0 saturated heterocycles. The molecule has 0 aliphatic rings. The van der Waals surface area contributed by atoms with Crippen molar-refractivity contribution in [1.82, 2.24) is 5.43 Å². The molecule has 2 rings (SSSR count). The van der Waals surface area contributed by atoms with E-state index in [4.69, 9.17) is 5.84 Å². The van der Waals surface area contributed by atoms with Crippen LogP contribution in [0.15, 0.2) is 45.3 Å². The van der Waals surface area contributed by atoms with E-state index >= 15 is 0 Å². The Morgan fingerprint density at radius 1 is 1.05 bits per heavy atom. The molecule has 2 nitrogen and oxygen atoms in total. The van der Waals surface area contributed by atoms with Crippen LogP contribution in [0.5, 0.6) is 0 Å². The van der Waals surface area contributed by atoms with Crippen LogP contribution in [0.25, 0.3) is 0 Å². The summed E-state index contributed by atoms with van der Waals surface area (Å²) >= 11 is 6.42. The van der Waals surface area contributed by atoms with E-state index in [0.717, 1.165) is 11.1 Å². The third-order valence-electron chi connectivity index (χ3n) is 2.99. The smallest absolute Gasteiger partial charge is 0.137 e. The van der Waals surface area contributed by atoms with Gasteiger partial charge < -0.3 is 0 Å². The van der Waals surface area contributed by atoms with Gasteiger partial charge in [-0.3, -0.25) is 11.3 Å². The van der Waals surface area contributed by atoms with Gasteiger partial charge in [0.1, 0.15) is 11.6 Å². The maximum atomic E-state index is 13.6. The first-order valence-electron chi connectivity index (χ1n) is 5.86. The first-order valence-corrected chi connectivity index (χ1v) is 7.45. The highest BCUT2D eigenvalue weighted by Gasteiger charge is 2.14. The number of nitrogens with two attached hydrogens (primary N) is 1. The van der Waals surface area contributed by atoms with E-state index in [9.17, 15) is 8.78 Å². The van der Waals surface area contributed by atoms with Crippen molar-refractivity contribution in [2.45, 2.75) is 12.5 Å². The molecule has 0 amide bonds. The molecule has 0 aromatic heterocycles. The lowest BCUT2D eigenvalue weighted by Crippen LogP contribution is -2.29. The predicted octanol–water partition coefficient (Wildman–Crippen LogP) is 4.24. The Labute approximate surface area is 132 Å². The fourth-order valence-corrected chi connectivity index (χ4v) is 2.67. The van der Waals surface area contributed by atoms with E-state index in [-0.39, 0.29) is 17.7 Å². The lowest BCUT2D eigenvalue weighted by molar-refractivity contribution is 0.542. The molecule has 0 aliphatic heterocycles. The van der Waals surface area contributed by atoms with E-state index in [1.807, 2.05) is 0 Å². The van der Waals surface area contributed by atoms with Crippen molar-refractivity contribution in [2.24, 2.45) is 5.84 Å². The van der Waals surface area contributed by atoms with E-state index in [0.29, 0.717) is 15.4 Å². The Kier molecular flexibility index (Phi) is 5.26. The lowest BCUT2D eigenvalue weighted by Gasteiger charge is -2.17. The van der Waals surface area contributed by atoms with Gasteiger partial charge in [0.15, 0.2) is 0 Å². The normalized spacial score (nSPS) is 12.4. The van der Waals surface area contributed by atoms with Crippen molar-refractivity contribution >= 4 is 31.9 Å². The summed E-state index contributed by atoms with van der Waals surface area (Å²) in [6, 6.07) is 9.04. The maximum Gasteiger partial charge on any atom is 0.137 e. The molecule has 0 heterocycles. The van der Waals surface area contributed by atoms with Crippen LogP contribution >= 0.6 is 31.9 Å². The Morgan fingerprint density at radius 3 is 2.40 bits per heavy atom. The highest BCUT2D eigenvalue weighted by molar-refractivity contribution is 9.10. The molecule has 0 spiro atoms. The van der Waals surface area contributed by atoms with Gasteiger partial charge in [-0.2, -0.15) is 0 Å². The van der Waals surface area contributed by atoms with Gasteiger partial charge in [-0.15, -0.1) is 0 Å². The van der Waals surface area contributed by atoms with Crippen LogP contribution in [0, 0.1) is 11.6 Å². The van der Waals surface area contributed by atoms with Crippen molar-refractivity contribution < 1.29 is 8.78 Å². The summed E-state index contributed by atoms with van der Waals surface area (Å²) in [6.45, 7) is 0. The van der Waals surface area contributed by atoms with Crippen molar-refractivity contribution in [3.63, 3.8) is 0 Å². The van der Waals surface area contributed by atoms with Crippen LogP contribution in [0.2, 0.25) is 0 Å². The average molecular weight is 406 g/mol.